The van der Waals surface area contributed by atoms with E-state index in [0.717, 1.165) is 11.8 Å². The second-order valence-electron chi connectivity index (χ2n) is 6.10. The number of rotatable bonds is 3. The first kappa shape index (κ1) is 12.1. The summed E-state index contributed by atoms with van der Waals surface area (Å²) in [5.41, 5.74) is 1.87. The Labute approximate surface area is 103 Å². The third kappa shape index (κ3) is 2.86. The third-order valence-corrected chi connectivity index (χ3v) is 4.28. The Bertz CT molecular complexity index is 373. The van der Waals surface area contributed by atoms with Gasteiger partial charge in [0.2, 0.25) is 0 Å². The second kappa shape index (κ2) is 4.15. The van der Waals surface area contributed by atoms with Crippen molar-refractivity contribution < 1.29 is 0 Å². The third-order valence-electron chi connectivity index (χ3n) is 3.30. The predicted octanol–water partition coefficient (Wildman–Crippen LogP) is 3.86. The molecule has 1 fully saturated rings. The fourth-order valence-corrected chi connectivity index (χ4v) is 3.31. The topological polar surface area (TPSA) is 12.0 Å². The van der Waals surface area contributed by atoms with Crippen molar-refractivity contribution in [1.29, 1.82) is 0 Å². The zero-order chi connectivity index (χ0) is 11.9. The van der Waals surface area contributed by atoms with Crippen LogP contribution in [-0.4, -0.2) is 12.1 Å². The summed E-state index contributed by atoms with van der Waals surface area (Å²) >= 11 is 1.94. The average Bonchev–Trinajstić information content (AvgIpc) is 2.82. The van der Waals surface area contributed by atoms with Gasteiger partial charge >= 0.3 is 0 Å². The summed E-state index contributed by atoms with van der Waals surface area (Å²) in [5.74, 6) is 1.70. The van der Waals surface area contributed by atoms with Gasteiger partial charge in [-0.15, -0.1) is 11.3 Å². The number of hydrogen-bond acceptors (Lipinski definition) is 2. The SMILES string of the molecule is Cc1cc(C2CC2CNC(C)(C)C)c(C)s1. The molecule has 1 aliphatic carbocycles. The van der Waals surface area contributed by atoms with E-state index in [1.807, 2.05) is 11.3 Å². The molecule has 2 heteroatoms. The molecule has 1 aromatic rings. The van der Waals surface area contributed by atoms with Crippen LogP contribution in [0.4, 0.5) is 0 Å². The van der Waals surface area contributed by atoms with Gasteiger partial charge < -0.3 is 5.32 Å². The van der Waals surface area contributed by atoms with Crippen LogP contribution in [0.15, 0.2) is 6.07 Å². The van der Waals surface area contributed by atoms with Gasteiger partial charge in [-0.25, -0.2) is 0 Å². The molecule has 0 amide bonds. The highest BCUT2D eigenvalue weighted by Crippen LogP contribution is 2.49. The summed E-state index contributed by atoms with van der Waals surface area (Å²) in [6, 6.07) is 2.39. The molecule has 0 bridgehead atoms. The van der Waals surface area contributed by atoms with E-state index in [0.29, 0.717) is 0 Å². The summed E-state index contributed by atoms with van der Waals surface area (Å²) in [4.78, 5) is 2.99. The van der Waals surface area contributed by atoms with Crippen LogP contribution in [0.5, 0.6) is 0 Å². The van der Waals surface area contributed by atoms with Crippen molar-refractivity contribution in [3.63, 3.8) is 0 Å². The minimum absolute atomic E-state index is 0.257. The van der Waals surface area contributed by atoms with Gasteiger partial charge in [-0.3, -0.25) is 0 Å². The number of thiophene rings is 1. The van der Waals surface area contributed by atoms with Gasteiger partial charge in [0.25, 0.3) is 0 Å². The number of nitrogens with one attached hydrogen (secondary N) is 1. The maximum absolute atomic E-state index is 3.61. The Morgan fingerprint density at radius 2 is 2.06 bits per heavy atom. The zero-order valence-electron chi connectivity index (χ0n) is 11.1. The smallest absolute Gasteiger partial charge is 0.00966 e. The minimum Gasteiger partial charge on any atom is -0.312 e. The molecule has 0 spiro atoms. The summed E-state index contributed by atoms with van der Waals surface area (Å²) in [7, 11) is 0. The highest BCUT2D eigenvalue weighted by molar-refractivity contribution is 7.12. The standard InChI is InChI=1S/C14H23NS/c1-9-6-12(10(2)16-9)13-7-11(13)8-15-14(3,4)5/h6,11,13,15H,7-8H2,1-5H3. The molecule has 0 aromatic carbocycles. The van der Waals surface area contributed by atoms with Gasteiger partial charge in [-0.05, 0) is 71.0 Å². The number of aryl methyl sites for hydroxylation is 2. The van der Waals surface area contributed by atoms with E-state index >= 15 is 0 Å². The first-order valence-corrected chi connectivity index (χ1v) is 7.00. The van der Waals surface area contributed by atoms with E-state index in [2.05, 4.69) is 46.0 Å². The van der Waals surface area contributed by atoms with Gasteiger partial charge in [0.15, 0.2) is 0 Å². The first-order valence-electron chi connectivity index (χ1n) is 6.19. The lowest BCUT2D eigenvalue weighted by molar-refractivity contribution is 0.414. The lowest BCUT2D eigenvalue weighted by Crippen LogP contribution is -2.37. The van der Waals surface area contributed by atoms with Crippen molar-refractivity contribution in [2.75, 3.05) is 6.54 Å². The van der Waals surface area contributed by atoms with E-state index in [4.69, 9.17) is 0 Å². The monoisotopic (exact) mass is 237 g/mol. The van der Waals surface area contributed by atoms with Gasteiger partial charge in [0.05, 0.1) is 0 Å². The molecule has 1 N–H and O–H groups in total. The summed E-state index contributed by atoms with van der Waals surface area (Å²) < 4.78 is 0. The fourth-order valence-electron chi connectivity index (χ4n) is 2.31. The molecule has 0 radical (unpaired) electrons. The molecule has 1 heterocycles. The minimum atomic E-state index is 0.257. The molecule has 1 saturated carbocycles. The Morgan fingerprint density at radius 3 is 2.56 bits per heavy atom. The Kier molecular flexibility index (Phi) is 3.15. The van der Waals surface area contributed by atoms with Crippen LogP contribution in [0.3, 0.4) is 0 Å². The van der Waals surface area contributed by atoms with Crippen LogP contribution in [0.2, 0.25) is 0 Å². The molecule has 2 atom stereocenters. The van der Waals surface area contributed by atoms with Crippen LogP contribution in [0, 0.1) is 19.8 Å². The maximum Gasteiger partial charge on any atom is 0.00966 e. The zero-order valence-corrected chi connectivity index (χ0v) is 11.9. The maximum atomic E-state index is 3.61. The van der Waals surface area contributed by atoms with Gasteiger partial charge in [0, 0.05) is 15.3 Å². The number of hydrogen-bond donors (Lipinski definition) is 1. The van der Waals surface area contributed by atoms with E-state index in [9.17, 15) is 0 Å². The molecule has 16 heavy (non-hydrogen) atoms. The normalized spacial score (nSPS) is 24.8. The predicted molar refractivity (Wildman–Crippen MR) is 72.4 cm³/mol. The molecule has 1 aromatic heterocycles. The Morgan fingerprint density at radius 1 is 1.38 bits per heavy atom. The molecule has 90 valence electrons. The van der Waals surface area contributed by atoms with Crippen molar-refractivity contribution in [1.82, 2.24) is 5.32 Å². The lowest BCUT2D eigenvalue weighted by atomic mass is 10.1. The molecule has 2 unspecified atom stereocenters. The van der Waals surface area contributed by atoms with Crippen molar-refractivity contribution in [2.45, 2.75) is 52.5 Å². The van der Waals surface area contributed by atoms with Gasteiger partial charge in [-0.2, -0.15) is 0 Å². The van der Waals surface area contributed by atoms with Crippen LogP contribution in [0.1, 0.15) is 48.4 Å². The first-order chi connectivity index (χ1) is 7.37. The summed E-state index contributed by atoms with van der Waals surface area (Å²) in [6.45, 7) is 12.4. The van der Waals surface area contributed by atoms with Gasteiger partial charge in [0.1, 0.15) is 0 Å². The lowest BCUT2D eigenvalue weighted by Gasteiger charge is -2.20. The highest BCUT2D eigenvalue weighted by Gasteiger charge is 2.39. The van der Waals surface area contributed by atoms with E-state index in [1.165, 1.54) is 22.7 Å². The summed E-state index contributed by atoms with van der Waals surface area (Å²) in [6.07, 6.45) is 1.38. The molecular formula is C14H23NS. The van der Waals surface area contributed by atoms with Crippen LogP contribution >= 0.6 is 11.3 Å². The van der Waals surface area contributed by atoms with Crippen molar-refractivity contribution in [3.8, 4) is 0 Å². The molecule has 1 nitrogen and oxygen atoms in total. The second-order valence-corrected chi connectivity index (χ2v) is 7.56. The van der Waals surface area contributed by atoms with Crippen molar-refractivity contribution >= 4 is 11.3 Å². The molecule has 2 rings (SSSR count). The van der Waals surface area contributed by atoms with E-state index in [-0.39, 0.29) is 5.54 Å². The quantitative estimate of drug-likeness (QED) is 0.842. The van der Waals surface area contributed by atoms with E-state index in [1.54, 1.807) is 5.56 Å². The highest BCUT2D eigenvalue weighted by atomic mass is 32.1. The van der Waals surface area contributed by atoms with Gasteiger partial charge in [-0.1, -0.05) is 0 Å². The van der Waals surface area contributed by atoms with Crippen LogP contribution in [-0.2, 0) is 0 Å². The molecule has 0 aliphatic heterocycles. The van der Waals surface area contributed by atoms with Crippen molar-refractivity contribution in [3.05, 3.63) is 21.4 Å². The largest absolute Gasteiger partial charge is 0.312 e. The molecular weight excluding hydrogens is 214 g/mol. The van der Waals surface area contributed by atoms with E-state index < -0.39 is 0 Å². The molecule has 1 aliphatic rings. The Hall–Kier alpha value is -0.340. The van der Waals surface area contributed by atoms with Crippen LogP contribution in [0.25, 0.3) is 0 Å². The average molecular weight is 237 g/mol. The van der Waals surface area contributed by atoms with Crippen molar-refractivity contribution in [2.24, 2.45) is 5.92 Å². The Balaban J connectivity index is 1.90. The molecule has 0 saturated heterocycles. The summed E-state index contributed by atoms with van der Waals surface area (Å²) in [5, 5.41) is 3.61. The van der Waals surface area contributed by atoms with Crippen LogP contribution < -0.4 is 5.32 Å². The fraction of sp³-hybridized carbons (Fsp3) is 0.714.